The number of alkyl halides is 2. The number of nitrogens with zero attached hydrogens (tertiary/aromatic N) is 1. The summed E-state index contributed by atoms with van der Waals surface area (Å²) in [6.07, 6.45) is -2.23. The van der Waals surface area contributed by atoms with Crippen LogP contribution in [0.5, 0.6) is 0 Å². The van der Waals surface area contributed by atoms with Crippen LogP contribution < -0.4 is 0 Å². The highest BCUT2D eigenvalue weighted by Crippen LogP contribution is 2.29. The van der Waals surface area contributed by atoms with Crippen molar-refractivity contribution in [1.29, 1.82) is 0 Å². The molecular weight excluding hydrogens is 359 g/mol. The smallest absolute Gasteiger partial charge is 0.281 e. The average molecular weight is 362 g/mol. The second-order valence-corrected chi connectivity index (χ2v) is 4.10. The lowest BCUT2D eigenvalue weighted by atomic mass is 10.3. The second kappa shape index (κ2) is 4.41. The predicted octanol–water partition coefficient (Wildman–Crippen LogP) is 3.20. The van der Waals surface area contributed by atoms with Crippen LogP contribution in [0.3, 0.4) is 0 Å². The molecule has 0 aromatic carbocycles. The standard InChI is InChI=1S/C7H3BrF2INO/c8-5-4(11)1-3(2-13)12-6(5)7(9)10/h1-2,7H. The third-order valence-corrected chi connectivity index (χ3v) is 3.71. The van der Waals surface area contributed by atoms with Crippen LogP contribution in [0.1, 0.15) is 22.6 Å². The van der Waals surface area contributed by atoms with Gasteiger partial charge in [0.1, 0.15) is 11.4 Å². The molecule has 0 radical (unpaired) electrons. The van der Waals surface area contributed by atoms with Crippen molar-refractivity contribution in [3.05, 3.63) is 25.5 Å². The molecule has 0 amide bonds. The van der Waals surface area contributed by atoms with Crippen LogP contribution >= 0.6 is 38.5 Å². The third kappa shape index (κ3) is 2.43. The molecule has 0 fully saturated rings. The maximum atomic E-state index is 12.3. The molecule has 0 saturated heterocycles. The van der Waals surface area contributed by atoms with Crippen LogP contribution in [-0.4, -0.2) is 11.3 Å². The molecule has 0 bridgehead atoms. The summed E-state index contributed by atoms with van der Waals surface area (Å²) in [4.78, 5) is 13.8. The number of carbonyl (C=O) groups excluding carboxylic acids is 1. The molecular formula is C7H3BrF2INO. The molecule has 0 spiro atoms. The SMILES string of the molecule is O=Cc1cc(I)c(Br)c(C(F)F)n1. The summed E-state index contributed by atoms with van der Waals surface area (Å²) < 4.78 is 25.4. The van der Waals surface area contributed by atoms with Crippen molar-refractivity contribution in [2.45, 2.75) is 6.43 Å². The summed E-state index contributed by atoms with van der Waals surface area (Å²) in [6.45, 7) is 0. The largest absolute Gasteiger partial charge is 0.296 e. The molecule has 1 heterocycles. The van der Waals surface area contributed by atoms with Crippen LogP contribution in [0, 0.1) is 3.57 Å². The zero-order valence-electron chi connectivity index (χ0n) is 6.10. The molecule has 0 unspecified atom stereocenters. The molecule has 13 heavy (non-hydrogen) atoms. The molecule has 1 aromatic rings. The van der Waals surface area contributed by atoms with Gasteiger partial charge in [0.25, 0.3) is 6.43 Å². The van der Waals surface area contributed by atoms with Crippen molar-refractivity contribution >= 4 is 44.8 Å². The minimum atomic E-state index is -2.68. The first-order valence-corrected chi connectivity index (χ1v) is 5.02. The highest BCUT2D eigenvalue weighted by molar-refractivity contribution is 14.1. The highest BCUT2D eigenvalue weighted by atomic mass is 127. The van der Waals surface area contributed by atoms with E-state index in [1.54, 1.807) is 0 Å². The molecule has 0 aliphatic carbocycles. The Morgan fingerprint density at radius 1 is 1.62 bits per heavy atom. The Balaban J connectivity index is 3.32. The van der Waals surface area contributed by atoms with E-state index >= 15 is 0 Å². The number of rotatable bonds is 2. The van der Waals surface area contributed by atoms with E-state index in [9.17, 15) is 13.6 Å². The summed E-state index contributed by atoms with van der Waals surface area (Å²) in [7, 11) is 0. The molecule has 70 valence electrons. The summed E-state index contributed by atoms with van der Waals surface area (Å²) in [5.41, 5.74) is -0.378. The lowest BCUT2D eigenvalue weighted by Crippen LogP contribution is -1.98. The van der Waals surface area contributed by atoms with E-state index < -0.39 is 12.1 Å². The van der Waals surface area contributed by atoms with Gasteiger partial charge in [-0.15, -0.1) is 0 Å². The monoisotopic (exact) mass is 361 g/mol. The normalized spacial score (nSPS) is 10.5. The molecule has 1 aromatic heterocycles. The van der Waals surface area contributed by atoms with E-state index in [2.05, 4.69) is 20.9 Å². The van der Waals surface area contributed by atoms with Gasteiger partial charge in [-0.3, -0.25) is 4.79 Å². The Hall–Kier alpha value is -0.110. The zero-order valence-corrected chi connectivity index (χ0v) is 9.84. The van der Waals surface area contributed by atoms with Gasteiger partial charge in [-0.2, -0.15) is 0 Å². The van der Waals surface area contributed by atoms with E-state index in [1.165, 1.54) is 6.07 Å². The van der Waals surface area contributed by atoms with Crippen LogP contribution in [-0.2, 0) is 0 Å². The maximum Gasteiger partial charge on any atom is 0.281 e. The van der Waals surface area contributed by atoms with E-state index in [1.807, 2.05) is 22.6 Å². The van der Waals surface area contributed by atoms with Crippen LogP contribution in [0.4, 0.5) is 8.78 Å². The van der Waals surface area contributed by atoms with Crippen molar-refractivity contribution in [2.24, 2.45) is 0 Å². The van der Waals surface area contributed by atoms with Crippen LogP contribution in [0.15, 0.2) is 10.5 Å². The fourth-order valence-corrected chi connectivity index (χ4v) is 1.71. The molecule has 6 heteroatoms. The van der Waals surface area contributed by atoms with Gasteiger partial charge in [0, 0.05) is 3.57 Å². The highest BCUT2D eigenvalue weighted by Gasteiger charge is 2.16. The minimum absolute atomic E-state index is 0.0166. The third-order valence-electron chi connectivity index (χ3n) is 1.29. The topological polar surface area (TPSA) is 30.0 Å². The minimum Gasteiger partial charge on any atom is -0.296 e. The van der Waals surface area contributed by atoms with Gasteiger partial charge < -0.3 is 0 Å². The Labute approximate surface area is 95.0 Å². The molecule has 1 rings (SSSR count). The summed E-state index contributed by atoms with van der Waals surface area (Å²) >= 11 is 4.83. The predicted molar refractivity (Wildman–Crippen MR) is 55.0 cm³/mol. The fourth-order valence-electron chi connectivity index (χ4n) is 0.741. The quantitative estimate of drug-likeness (QED) is 0.598. The van der Waals surface area contributed by atoms with Gasteiger partial charge in [-0.25, -0.2) is 13.8 Å². The number of halogens is 4. The van der Waals surface area contributed by atoms with Gasteiger partial charge in [0.05, 0.1) is 4.47 Å². The molecule has 0 N–H and O–H groups in total. The first kappa shape index (κ1) is 11.0. The summed E-state index contributed by atoms with van der Waals surface area (Å²) in [5, 5.41) is 0. The Kier molecular flexibility index (Phi) is 3.72. The molecule has 0 aliphatic heterocycles. The van der Waals surface area contributed by atoms with Gasteiger partial charge in [-0.1, -0.05) is 0 Å². The Bertz CT molecular complexity index is 346. The number of pyridine rings is 1. The maximum absolute atomic E-state index is 12.3. The second-order valence-electron chi connectivity index (χ2n) is 2.15. The Morgan fingerprint density at radius 3 is 2.69 bits per heavy atom. The average Bonchev–Trinajstić information content (AvgIpc) is 2.09. The van der Waals surface area contributed by atoms with Crippen molar-refractivity contribution in [3.63, 3.8) is 0 Å². The fraction of sp³-hybridized carbons (Fsp3) is 0.143. The number of aldehydes is 1. The molecule has 2 nitrogen and oxygen atoms in total. The Morgan fingerprint density at radius 2 is 2.23 bits per heavy atom. The number of hydrogen-bond acceptors (Lipinski definition) is 2. The van der Waals surface area contributed by atoms with Crippen LogP contribution in [0.2, 0.25) is 0 Å². The first-order chi connectivity index (χ1) is 6.06. The van der Waals surface area contributed by atoms with Crippen molar-refractivity contribution in [3.8, 4) is 0 Å². The molecule has 0 atom stereocenters. The van der Waals surface area contributed by atoms with E-state index in [0.717, 1.165) is 0 Å². The van der Waals surface area contributed by atoms with Gasteiger partial charge in [-0.05, 0) is 44.6 Å². The van der Waals surface area contributed by atoms with Gasteiger partial charge in [0.15, 0.2) is 6.29 Å². The lowest BCUT2D eigenvalue weighted by Gasteiger charge is -2.04. The van der Waals surface area contributed by atoms with E-state index in [4.69, 9.17) is 0 Å². The van der Waals surface area contributed by atoms with Crippen molar-refractivity contribution in [2.75, 3.05) is 0 Å². The van der Waals surface area contributed by atoms with Gasteiger partial charge in [0.2, 0.25) is 0 Å². The zero-order chi connectivity index (χ0) is 10.0. The summed E-state index contributed by atoms with van der Waals surface area (Å²) in [5.74, 6) is 0. The van der Waals surface area contributed by atoms with Crippen molar-refractivity contribution in [1.82, 2.24) is 4.98 Å². The van der Waals surface area contributed by atoms with E-state index in [0.29, 0.717) is 9.86 Å². The number of carbonyl (C=O) groups is 1. The van der Waals surface area contributed by atoms with Gasteiger partial charge >= 0.3 is 0 Å². The van der Waals surface area contributed by atoms with E-state index in [-0.39, 0.29) is 10.2 Å². The summed E-state index contributed by atoms with van der Waals surface area (Å²) in [6, 6.07) is 1.43. The number of aromatic nitrogens is 1. The lowest BCUT2D eigenvalue weighted by molar-refractivity contribution is 0.111. The molecule has 0 aliphatic rings. The van der Waals surface area contributed by atoms with Crippen LogP contribution in [0.25, 0.3) is 0 Å². The number of hydrogen-bond donors (Lipinski definition) is 0. The molecule has 0 saturated carbocycles. The first-order valence-electron chi connectivity index (χ1n) is 3.15. The van der Waals surface area contributed by atoms with Crippen molar-refractivity contribution < 1.29 is 13.6 Å².